The molecule has 28 heavy (non-hydrogen) atoms. The van der Waals surface area contributed by atoms with Crippen LogP contribution in [0.3, 0.4) is 0 Å². The Hall–Kier alpha value is -3.36. The Labute approximate surface area is 160 Å². The Bertz CT molecular complexity index is 811. The van der Waals surface area contributed by atoms with Crippen molar-refractivity contribution in [3.63, 3.8) is 0 Å². The van der Waals surface area contributed by atoms with Crippen LogP contribution in [0.4, 0.5) is 14.5 Å². The monoisotopic (exact) mass is 395 g/mol. The highest BCUT2D eigenvalue weighted by Crippen LogP contribution is 2.27. The Balaban J connectivity index is 1.75. The number of nitrogens with one attached hydrogen (secondary N) is 1. The Kier molecular flexibility index (Phi) is 7.55. The van der Waals surface area contributed by atoms with E-state index < -0.39 is 31.7 Å². The Morgan fingerprint density at radius 2 is 1.75 bits per heavy atom. The summed E-state index contributed by atoms with van der Waals surface area (Å²) in [5.74, 6) is -0.518. The molecule has 0 aliphatic heterocycles. The molecule has 2 aromatic carbocycles. The lowest BCUT2D eigenvalue weighted by molar-refractivity contribution is -0.149. The number of amides is 1. The maximum Gasteiger partial charge on any atom is 0.387 e. The molecule has 0 spiro atoms. The molecule has 0 aromatic heterocycles. The number of ether oxygens (including phenoxy) is 4. The van der Waals surface area contributed by atoms with E-state index in [2.05, 4.69) is 10.1 Å². The molecule has 0 bridgehead atoms. The van der Waals surface area contributed by atoms with Crippen molar-refractivity contribution in [2.75, 3.05) is 25.6 Å². The van der Waals surface area contributed by atoms with Crippen molar-refractivity contribution in [2.24, 2.45) is 0 Å². The highest BCUT2D eigenvalue weighted by atomic mass is 19.3. The van der Waals surface area contributed by atoms with Gasteiger partial charge in [0.15, 0.2) is 24.7 Å². The lowest BCUT2D eigenvalue weighted by atomic mass is 10.2. The van der Waals surface area contributed by atoms with Gasteiger partial charge >= 0.3 is 12.6 Å². The van der Waals surface area contributed by atoms with E-state index in [1.807, 2.05) is 6.92 Å². The summed E-state index contributed by atoms with van der Waals surface area (Å²) >= 11 is 0. The summed E-state index contributed by atoms with van der Waals surface area (Å²) in [4.78, 5) is 23.5. The SMILES string of the molecule is COc1cc(C)ccc1OCC(=O)OCC(=O)Nc1ccc(OC(F)F)cc1. The molecule has 0 unspecified atom stereocenters. The molecular formula is C19H19F2NO6. The molecular weight excluding hydrogens is 376 g/mol. The van der Waals surface area contributed by atoms with Crippen LogP contribution in [-0.4, -0.2) is 38.8 Å². The molecule has 0 aliphatic rings. The van der Waals surface area contributed by atoms with E-state index in [4.69, 9.17) is 14.2 Å². The summed E-state index contributed by atoms with van der Waals surface area (Å²) in [7, 11) is 1.48. The van der Waals surface area contributed by atoms with Crippen LogP contribution in [0.15, 0.2) is 42.5 Å². The maximum absolute atomic E-state index is 12.1. The number of methoxy groups -OCH3 is 1. The van der Waals surface area contributed by atoms with Crippen LogP contribution < -0.4 is 19.5 Å². The van der Waals surface area contributed by atoms with E-state index in [-0.39, 0.29) is 5.75 Å². The zero-order valence-corrected chi connectivity index (χ0v) is 15.2. The molecule has 7 nitrogen and oxygen atoms in total. The van der Waals surface area contributed by atoms with Crippen molar-refractivity contribution in [3.05, 3.63) is 48.0 Å². The first-order valence-corrected chi connectivity index (χ1v) is 8.15. The molecule has 0 atom stereocenters. The van der Waals surface area contributed by atoms with Gasteiger partial charge < -0.3 is 24.3 Å². The smallest absolute Gasteiger partial charge is 0.387 e. The van der Waals surface area contributed by atoms with Gasteiger partial charge in [-0.3, -0.25) is 4.79 Å². The molecule has 0 fully saturated rings. The molecule has 2 rings (SSSR count). The van der Waals surface area contributed by atoms with Crippen LogP contribution in [0.2, 0.25) is 0 Å². The normalized spacial score (nSPS) is 10.3. The van der Waals surface area contributed by atoms with E-state index in [0.717, 1.165) is 5.56 Å². The molecule has 0 aliphatic carbocycles. The van der Waals surface area contributed by atoms with E-state index in [9.17, 15) is 18.4 Å². The van der Waals surface area contributed by atoms with Gasteiger partial charge in [-0.1, -0.05) is 6.07 Å². The number of hydrogen-bond acceptors (Lipinski definition) is 6. The highest BCUT2D eigenvalue weighted by Gasteiger charge is 2.11. The van der Waals surface area contributed by atoms with Gasteiger partial charge in [-0.2, -0.15) is 8.78 Å². The van der Waals surface area contributed by atoms with Gasteiger partial charge in [0.1, 0.15) is 5.75 Å². The number of hydrogen-bond donors (Lipinski definition) is 1. The van der Waals surface area contributed by atoms with Gasteiger partial charge in [-0.15, -0.1) is 0 Å². The minimum absolute atomic E-state index is 0.0388. The number of carbonyl (C=O) groups excluding carboxylic acids is 2. The molecule has 0 saturated carbocycles. The van der Waals surface area contributed by atoms with E-state index >= 15 is 0 Å². The number of esters is 1. The first-order valence-electron chi connectivity index (χ1n) is 8.15. The Morgan fingerprint density at radius 1 is 1.04 bits per heavy atom. The van der Waals surface area contributed by atoms with E-state index in [1.165, 1.54) is 31.4 Å². The van der Waals surface area contributed by atoms with Crippen molar-refractivity contribution >= 4 is 17.6 Å². The van der Waals surface area contributed by atoms with Crippen LogP contribution >= 0.6 is 0 Å². The van der Waals surface area contributed by atoms with Crippen molar-refractivity contribution in [1.29, 1.82) is 0 Å². The summed E-state index contributed by atoms with van der Waals surface area (Å²) in [5.41, 5.74) is 1.31. The third-order valence-electron chi connectivity index (χ3n) is 3.39. The molecule has 0 heterocycles. The summed E-state index contributed by atoms with van der Waals surface area (Å²) in [6.45, 7) is -1.96. The van der Waals surface area contributed by atoms with Crippen LogP contribution in [0.5, 0.6) is 17.2 Å². The molecule has 1 N–H and O–H groups in total. The van der Waals surface area contributed by atoms with Crippen molar-refractivity contribution in [3.8, 4) is 17.2 Å². The third-order valence-corrected chi connectivity index (χ3v) is 3.39. The summed E-state index contributed by atoms with van der Waals surface area (Å²) in [5, 5.41) is 2.46. The number of aryl methyl sites for hydroxylation is 1. The maximum atomic E-state index is 12.1. The zero-order chi connectivity index (χ0) is 20.5. The minimum Gasteiger partial charge on any atom is -0.493 e. The van der Waals surface area contributed by atoms with Gasteiger partial charge in [0.05, 0.1) is 7.11 Å². The van der Waals surface area contributed by atoms with Crippen LogP contribution in [-0.2, 0) is 14.3 Å². The van der Waals surface area contributed by atoms with Gasteiger partial charge in [-0.25, -0.2) is 4.79 Å². The second-order valence-electron chi connectivity index (χ2n) is 5.55. The molecule has 0 radical (unpaired) electrons. The zero-order valence-electron chi connectivity index (χ0n) is 15.2. The van der Waals surface area contributed by atoms with E-state index in [1.54, 1.807) is 18.2 Å². The number of benzene rings is 2. The second-order valence-corrected chi connectivity index (χ2v) is 5.55. The van der Waals surface area contributed by atoms with Gasteiger partial charge in [-0.05, 0) is 48.9 Å². The fourth-order valence-electron chi connectivity index (χ4n) is 2.14. The third kappa shape index (κ3) is 6.75. The predicted octanol–water partition coefficient (Wildman–Crippen LogP) is 3.17. The number of alkyl halides is 2. The molecule has 2 aromatic rings. The Morgan fingerprint density at radius 3 is 2.39 bits per heavy atom. The summed E-state index contributed by atoms with van der Waals surface area (Å²) in [6.07, 6.45) is 0. The molecule has 150 valence electrons. The average molecular weight is 395 g/mol. The fraction of sp³-hybridized carbons (Fsp3) is 0.263. The first-order chi connectivity index (χ1) is 13.4. The van der Waals surface area contributed by atoms with E-state index in [0.29, 0.717) is 17.2 Å². The largest absolute Gasteiger partial charge is 0.493 e. The van der Waals surface area contributed by atoms with Crippen LogP contribution in [0, 0.1) is 6.92 Å². The number of rotatable bonds is 9. The van der Waals surface area contributed by atoms with Crippen LogP contribution in [0.1, 0.15) is 5.56 Å². The predicted molar refractivity (Wildman–Crippen MR) is 95.9 cm³/mol. The quantitative estimate of drug-likeness (QED) is 0.657. The van der Waals surface area contributed by atoms with Crippen LogP contribution in [0.25, 0.3) is 0 Å². The molecule has 0 saturated heterocycles. The van der Waals surface area contributed by atoms with Crippen molar-refractivity contribution < 1.29 is 37.3 Å². The summed E-state index contributed by atoms with van der Waals surface area (Å²) in [6, 6.07) is 10.5. The highest BCUT2D eigenvalue weighted by molar-refractivity contribution is 5.92. The van der Waals surface area contributed by atoms with Gasteiger partial charge in [0.25, 0.3) is 5.91 Å². The van der Waals surface area contributed by atoms with Crippen molar-refractivity contribution in [2.45, 2.75) is 13.5 Å². The molecule has 1 amide bonds. The second kappa shape index (κ2) is 10.1. The number of carbonyl (C=O) groups is 2. The lowest BCUT2D eigenvalue weighted by Gasteiger charge is -2.11. The molecule has 9 heteroatoms. The topological polar surface area (TPSA) is 83.1 Å². The standard InChI is InChI=1S/C19H19F2NO6/c1-12-3-8-15(16(9-12)25-2)26-11-18(24)27-10-17(23)22-13-4-6-14(7-5-13)28-19(20)21/h3-9,19H,10-11H2,1-2H3,(H,22,23). The van der Waals surface area contributed by atoms with Gasteiger partial charge in [0, 0.05) is 5.69 Å². The average Bonchev–Trinajstić information content (AvgIpc) is 2.66. The van der Waals surface area contributed by atoms with Crippen molar-refractivity contribution in [1.82, 2.24) is 0 Å². The first kappa shape index (κ1) is 20.9. The summed E-state index contributed by atoms with van der Waals surface area (Å²) < 4.78 is 43.7. The minimum atomic E-state index is -2.93. The number of halogens is 2. The lowest BCUT2D eigenvalue weighted by Crippen LogP contribution is -2.23. The fourth-order valence-corrected chi connectivity index (χ4v) is 2.14. The van der Waals surface area contributed by atoms with Gasteiger partial charge in [0.2, 0.25) is 0 Å². The number of anilines is 1.